The summed E-state index contributed by atoms with van der Waals surface area (Å²) in [4.78, 5) is 2.42. The van der Waals surface area contributed by atoms with Gasteiger partial charge < -0.3 is 15.6 Å². The van der Waals surface area contributed by atoms with E-state index in [1.165, 1.54) is 16.7 Å². The molecule has 0 aliphatic heterocycles. The molecule has 2 atom stereocenters. The number of aliphatic hydroxyl groups excluding tert-OH is 1. The molecule has 0 saturated carbocycles. The van der Waals surface area contributed by atoms with Crippen LogP contribution in [-0.2, 0) is 19.4 Å². The van der Waals surface area contributed by atoms with Crippen LogP contribution in [0.5, 0.6) is 5.75 Å². The van der Waals surface area contributed by atoms with E-state index < -0.39 is 6.10 Å². The third kappa shape index (κ3) is 6.09. The topological polar surface area (TPSA) is 58.7 Å². The summed E-state index contributed by atoms with van der Waals surface area (Å²) in [5, 5.41) is 10.8. The van der Waals surface area contributed by atoms with Crippen LogP contribution in [0.2, 0.25) is 0 Å². The van der Waals surface area contributed by atoms with Crippen molar-refractivity contribution in [1.82, 2.24) is 4.90 Å². The molecular weight excluding hydrogens is 384 g/mol. The van der Waals surface area contributed by atoms with Crippen molar-refractivity contribution in [3.8, 4) is 5.75 Å². The van der Waals surface area contributed by atoms with Crippen LogP contribution in [0, 0.1) is 0 Å². The van der Waals surface area contributed by atoms with E-state index in [1.807, 2.05) is 42.5 Å². The minimum atomic E-state index is -0.563. The lowest BCUT2D eigenvalue weighted by molar-refractivity contribution is 0.0463. The summed E-state index contributed by atoms with van der Waals surface area (Å²) in [6.45, 7) is 1.67. The molecule has 0 bridgehead atoms. The maximum Gasteiger partial charge on any atom is 0.119 e. The van der Waals surface area contributed by atoms with Gasteiger partial charge >= 0.3 is 0 Å². The second kappa shape index (κ2) is 10.5. The highest BCUT2D eigenvalue weighted by molar-refractivity contribution is 5.45. The van der Waals surface area contributed by atoms with Crippen molar-refractivity contribution in [1.29, 1.82) is 0 Å². The van der Waals surface area contributed by atoms with Gasteiger partial charge in [-0.25, -0.2) is 0 Å². The first kappa shape index (κ1) is 21.4. The Labute approximate surface area is 185 Å². The summed E-state index contributed by atoms with van der Waals surface area (Å²) >= 11 is 0. The number of rotatable bonds is 8. The molecule has 1 aliphatic carbocycles. The molecule has 0 heterocycles. The van der Waals surface area contributed by atoms with Gasteiger partial charge in [0.1, 0.15) is 18.5 Å². The Bertz CT molecular complexity index is 946. The Hall–Kier alpha value is -2.82. The number of nitrogen functional groups attached to an aromatic ring is 1. The van der Waals surface area contributed by atoms with Gasteiger partial charge in [-0.15, -0.1) is 0 Å². The van der Waals surface area contributed by atoms with E-state index in [0.717, 1.165) is 43.7 Å². The number of fused-ring (bicyclic) bond motifs is 1. The Kier molecular flexibility index (Phi) is 7.23. The number of ether oxygens (including phenoxy) is 1. The van der Waals surface area contributed by atoms with E-state index in [-0.39, 0.29) is 6.61 Å². The number of para-hydroxylation sites is 1. The minimum Gasteiger partial charge on any atom is -0.491 e. The molecule has 3 aromatic rings. The number of nitrogens with zero attached hydrogens (tertiary/aromatic N) is 1. The quantitative estimate of drug-likeness (QED) is 0.421. The number of aryl methyl sites for hydroxylation is 1. The van der Waals surface area contributed by atoms with Crippen LogP contribution >= 0.6 is 0 Å². The monoisotopic (exact) mass is 416 g/mol. The molecule has 4 heteroatoms. The predicted molar refractivity (Wildman–Crippen MR) is 126 cm³/mol. The summed E-state index contributed by atoms with van der Waals surface area (Å²) in [6.07, 6.45) is 3.73. The van der Waals surface area contributed by atoms with Gasteiger partial charge in [-0.3, -0.25) is 4.90 Å². The van der Waals surface area contributed by atoms with Gasteiger partial charge in [0.2, 0.25) is 0 Å². The molecule has 0 radical (unpaired) electrons. The number of benzene rings is 3. The van der Waals surface area contributed by atoms with Crippen molar-refractivity contribution in [2.75, 3.05) is 18.9 Å². The standard InChI is InChI=1S/C27H32N2O2/c28-24-15-14-22-10-7-11-25(17-23(22)16-24)29(18-21-8-3-1-4-9-21)19-26(30)20-31-27-12-5-2-6-13-27/h1-6,8-9,12-16,25-26,30H,7,10-11,17-20,28H2/t25?,26-/m0/s1. The molecule has 0 aromatic heterocycles. The lowest BCUT2D eigenvalue weighted by Gasteiger charge is -2.33. The fraction of sp³-hybridized carbons (Fsp3) is 0.333. The molecule has 1 unspecified atom stereocenters. The van der Waals surface area contributed by atoms with Crippen LogP contribution in [0.4, 0.5) is 5.69 Å². The molecule has 3 N–H and O–H groups in total. The number of anilines is 1. The van der Waals surface area contributed by atoms with E-state index in [4.69, 9.17) is 10.5 Å². The van der Waals surface area contributed by atoms with Crippen LogP contribution in [0.25, 0.3) is 0 Å². The third-order valence-electron chi connectivity index (χ3n) is 6.05. The Morgan fingerprint density at radius 3 is 2.48 bits per heavy atom. The van der Waals surface area contributed by atoms with Gasteiger partial charge in [0.15, 0.2) is 0 Å². The normalized spacial score (nSPS) is 17.0. The number of hydrogen-bond donors (Lipinski definition) is 2. The molecule has 0 fully saturated rings. The lowest BCUT2D eigenvalue weighted by atomic mass is 9.99. The number of hydrogen-bond acceptors (Lipinski definition) is 4. The first-order valence-corrected chi connectivity index (χ1v) is 11.2. The van der Waals surface area contributed by atoms with E-state index >= 15 is 0 Å². The average molecular weight is 417 g/mol. The molecule has 162 valence electrons. The average Bonchev–Trinajstić information content (AvgIpc) is 3.01. The molecule has 0 amide bonds. The number of nitrogens with two attached hydrogens (primary N) is 1. The van der Waals surface area contributed by atoms with Gasteiger partial charge in [0.05, 0.1) is 0 Å². The summed E-state index contributed by atoms with van der Waals surface area (Å²) < 4.78 is 5.81. The fourth-order valence-corrected chi connectivity index (χ4v) is 4.47. The van der Waals surface area contributed by atoms with E-state index in [2.05, 4.69) is 41.3 Å². The van der Waals surface area contributed by atoms with Gasteiger partial charge in [-0.05, 0) is 66.6 Å². The zero-order valence-corrected chi connectivity index (χ0v) is 18.0. The summed E-state index contributed by atoms with van der Waals surface area (Å²) in [5.41, 5.74) is 10.9. The maximum absolute atomic E-state index is 10.8. The second-order valence-corrected chi connectivity index (χ2v) is 8.47. The van der Waals surface area contributed by atoms with Crippen LogP contribution in [-0.4, -0.2) is 35.3 Å². The number of aliphatic hydroxyl groups is 1. The van der Waals surface area contributed by atoms with E-state index in [0.29, 0.717) is 12.6 Å². The Morgan fingerprint density at radius 1 is 0.968 bits per heavy atom. The minimum absolute atomic E-state index is 0.283. The zero-order valence-electron chi connectivity index (χ0n) is 18.0. The molecule has 3 aromatic carbocycles. The maximum atomic E-state index is 10.8. The van der Waals surface area contributed by atoms with Gasteiger partial charge in [0.25, 0.3) is 0 Å². The van der Waals surface area contributed by atoms with E-state index in [9.17, 15) is 5.11 Å². The Balaban J connectivity index is 1.48. The smallest absolute Gasteiger partial charge is 0.119 e. The molecule has 0 spiro atoms. The van der Waals surface area contributed by atoms with Crippen molar-refractivity contribution in [2.45, 2.75) is 44.4 Å². The van der Waals surface area contributed by atoms with Gasteiger partial charge in [-0.1, -0.05) is 54.6 Å². The molecule has 4 rings (SSSR count). The highest BCUT2D eigenvalue weighted by Gasteiger charge is 2.25. The van der Waals surface area contributed by atoms with Crippen molar-refractivity contribution in [3.63, 3.8) is 0 Å². The van der Waals surface area contributed by atoms with Crippen molar-refractivity contribution < 1.29 is 9.84 Å². The highest BCUT2D eigenvalue weighted by Crippen LogP contribution is 2.27. The third-order valence-corrected chi connectivity index (χ3v) is 6.05. The molecular formula is C27H32N2O2. The predicted octanol–water partition coefficient (Wildman–Crippen LogP) is 4.46. The van der Waals surface area contributed by atoms with Crippen molar-refractivity contribution in [3.05, 3.63) is 95.6 Å². The largest absolute Gasteiger partial charge is 0.491 e. The van der Waals surface area contributed by atoms with Crippen LogP contribution in [0.1, 0.15) is 29.5 Å². The fourth-order valence-electron chi connectivity index (χ4n) is 4.47. The van der Waals surface area contributed by atoms with Crippen LogP contribution in [0.15, 0.2) is 78.9 Å². The lowest BCUT2D eigenvalue weighted by Crippen LogP contribution is -2.42. The summed E-state index contributed by atoms with van der Waals surface area (Å²) in [6, 6.07) is 26.9. The molecule has 31 heavy (non-hydrogen) atoms. The molecule has 0 saturated heterocycles. The summed E-state index contributed by atoms with van der Waals surface area (Å²) in [7, 11) is 0. The molecule has 4 nitrogen and oxygen atoms in total. The van der Waals surface area contributed by atoms with Crippen molar-refractivity contribution in [2.24, 2.45) is 0 Å². The van der Waals surface area contributed by atoms with Crippen LogP contribution < -0.4 is 10.5 Å². The second-order valence-electron chi connectivity index (χ2n) is 8.47. The first-order chi connectivity index (χ1) is 15.2. The summed E-state index contributed by atoms with van der Waals surface area (Å²) in [5.74, 6) is 0.787. The zero-order chi connectivity index (χ0) is 21.5. The van der Waals surface area contributed by atoms with Crippen molar-refractivity contribution >= 4 is 5.69 Å². The SMILES string of the molecule is Nc1ccc2c(c1)CC(N(Cc1ccccc1)C[C@H](O)COc1ccccc1)CCC2. The highest BCUT2D eigenvalue weighted by atomic mass is 16.5. The Morgan fingerprint density at radius 2 is 1.71 bits per heavy atom. The van der Waals surface area contributed by atoms with Crippen LogP contribution in [0.3, 0.4) is 0 Å². The van der Waals surface area contributed by atoms with Gasteiger partial charge in [0, 0.05) is 24.8 Å². The first-order valence-electron chi connectivity index (χ1n) is 11.2. The molecule has 1 aliphatic rings. The van der Waals surface area contributed by atoms with Gasteiger partial charge in [-0.2, -0.15) is 0 Å². The van der Waals surface area contributed by atoms with E-state index in [1.54, 1.807) is 0 Å².